The Balaban J connectivity index is 0.000000204. The summed E-state index contributed by atoms with van der Waals surface area (Å²) in [6, 6.07) is 23.5. The minimum Gasteiger partial charge on any atom is -0.366 e. The number of hydrogen-bond donors (Lipinski definition) is 4. The molecular weight excluding hydrogens is 1140 g/mol. The van der Waals surface area contributed by atoms with Crippen molar-refractivity contribution >= 4 is 87.8 Å². The molecular formula is C62H74Cl3FN16O3. The number of fused-ring (bicyclic) bond motifs is 3. The summed E-state index contributed by atoms with van der Waals surface area (Å²) < 4.78 is 0. The molecule has 5 aliphatic heterocycles. The van der Waals surface area contributed by atoms with E-state index in [9.17, 15) is 14.4 Å². The van der Waals surface area contributed by atoms with Crippen LogP contribution < -0.4 is 36.0 Å². The molecule has 14 rings (SSSR count). The molecule has 6 aromatic rings. The Hall–Kier alpha value is -7.13. The third-order valence-corrected chi connectivity index (χ3v) is 17.9. The summed E-state index contributed by atoms with van der Waals surface area (Å²) in [5, 5.41) is 16.1. The molecule has 0 atom stereocenters. The number of hydrogen-bond acceptors (Lipinski definition) is 16. The smallest absolute Gasteiger partial charge is 0.227 e. The van der Waals surface area contributed by atoms with Crippen LogP contribution in [0.15, 0.2) is 72.8 Å². The van der Waals surface area contributed by atoms with Crippen molar-refractivity contribution < 1.29 is 20.5 Å². The Morgan fingerprint density at radius 1 is 0.447 bits per heavy atom. The summed E-state index contributed by atoms with van der Waals surface area (Å²) >= 11 is 18.7. The summed E-state index contributed by atoms with van der Waals surface area (Å²) in [6.07, 6.45) is 8.19. The summed E-state index contributed by atoms with van der Waals surface area (Å²) in [7, 11) is 0. The van der Waals surface area contributed by atoms with Gasteiger partial charge in [-0.2, -0.15) is 15.0 Å². The van der Waals surface area contributed by atoms with Crippen molar-refractivity contribution in [2.75, 3.05) is 103 Å². The fourth-order valence-electron chi connectivity index (χ4n) is 11.9. The zero-order chi connectivity index (χ0) is 57.3. The summed E-state index contributed by atoms with van der Waals surface area (Å²) in [5.74, 6) is 5.91. The van der Waals surface area contributed by atoms with Gasteiger partial charge in [0.2, 0.25) is 35.6 Å². The number of halogens is 4. The van der Waals surface area contributed by atoms with E-state index in [0.29, 0.717) is 113 Å². The molecule has 23 heteroatoms. The van der Waals surface area contributed by atoms with Gasteiger partial charge in [-0.3, -0.25) is 19.1 Å². The van der Waals surface area contributed by atoms with Crippen LogP contribution >= 0.6 is 34.8 Å². The Labute approximate surface area is 511 Å². The van der Waals surface area contributed by atoms with E-state index in [-0.39, 0.29) is 41.6 Å². The molecule has 5 fully saturated rings. The highest BCUT2D eigenvalue weighted by Gasteiger charge is 2.39. The van der Waals surface area contributed by atoms with E-state index in [2.05, 4.69) is 36.0 Å². The average molecular weight is 1220 g/mol. The van der Waals surface area contributed by atoms with Crippen molar-refractivity contribution in [1.29, 1.82) is 0 Å². The Bertz CT molecular complexity index is 3310. The quantitative estimate of drug-likeness (QED) is 0.0763. The third-order valence-electron chi connectivity index (χ3n) is 17.2. The standard InChI is InChI=1S/C40H44Cl2N10O2.C22H27ClN6O.FH.H2/c41-29-5-1-3-25(19-29)21-43-35-31-23-51(37(53)27-7-8-27)13-11-33(31)45-39(47-35)49-15-17-50(18-16-49)40-46-34-12-14-52(38(54)28-9-10-28)24-32(34)36(48-40)44-22-26-4-2-6-30(42)20-26;23-17-3-1-2-15(12-17)13-25-20-18-14-29(21(30)16-4-5-16)9-6-19(18)26-22(27-20)28-10-7-24-8-11-28;;/h1-6,19-20,27-28H,7-18,21-24H2,(H,43,45,47)(H,44,46,48);1-3,12,16,24H,4-11,13-14H2,(H,25,26,27);2*1H. The number of carbonyl (C=O) groups is 3. The minimum atomic E-state index is 0. The lowest BCUT2D eigenvalue weighted by Gasteiger charge is -2.37. The molecule has 3 aromatic heterocycles. The van der Waals surface area contributed by atoms with Crippen LogP contribution in [0.1, 0.15) is 90.4 Å². The van der Waals surface area contributed by atoms with Crippen molar-refractivity contribution in [2.24, 2.45) is 17.8 Å². The van der Waals surface area contributed by atoms with E-state index in [1.807, 2.05) is 87.5 Å². The van der Waals surface area contributed by atoms with Crippen molar-refractivity contribution in [3.05, 3.63) is 138 Å². The van der Waals surface area contributed by atoms with Crippen LogP contribution in [0.25, 0.3) is 0 Å². The maximum Gasteiger partial charge on any atom is 0.227 e. The number of carbonyl (C=O) groups excluding carboxylic acids is 3. The summed E-state index contributed by atoms with van der Waals surface area (Å²) in [6.45, 7) is 12.0. The van der Waals surface area contributed by atoms with E-state index in [0.717, 1.165) is 157 Å². The molecule has 3 aromatic carbocycles. The average Bonchev–Trinajstić information content (AvgIpc) is 4.01. The summed E-state index contributed by atoms with van der Waals surface area (Å²) in [5.41, 5.74) is 9.32. The van der Waals surface area contributed by atoms with Gasteiger partial charge in [0.15, 0.2) is 0 Å². The molecule has 85 heavy (non-hydrogen) atoms. The van der Waals surface area contributed by atoms with E-state index < -0.39 is 0 Å². The lowest BCUT2D eigenvalue weighted by molar-refractivity contribution is -0.134. The first-order valence-electron chi connectivity index (χ1n) is 30.0. The topological polar surface area (TPSA) is 196 Å². The lowest BCUT2D eigenvalue weighted by atomic mass is 10.0. The second kappa shape index (κ2) is 25.8. The highest BCUT2D eigenvalue weighted by molar-refractivity contribution is 6.31. The fraction of sp³-hybridized carbons (Fsp3) is 0.468. The molecule has 0 spiro atoms. The van der Waals surface area contributed by atoms with Gasteiger partial charge in [0.05, 0.1) is 36.7 Å². The highest BCUT2D eigenvalue weighted by Crippen LogP contribution is 2.38. The zero-order valence-electron chi connectivity index (χ0n) is 47.7. The van der Waals surface area contributed by atoms with Gasteiger partial charge in [0.25, 0.3) is 0 Å². The number of anilines is 6. The second-order valence-corrected chi connectivity index (χ2v) is 24.7. The van der Waals surface area contributed by atoms with E-state index in [4.69, 9.17) is 64.7 Å². The second-order valence-electron chi connectivity index (χ2n) is 23.4. The first kappa shape index (κ1) is 58.3. The largest absolute Gasteiger partial charge is 0.366 e. The number of nitrogens with zero attached hydrogens (tertiary/aromatic N) is 12. The van der Waals surface area contributed by atoms with Gasteiger partial charge in [-0.25, -0.2) is 15.0 Å². The van der Waals surface area contributed by atoms with Gasteiger partial charge in [-0.05, 0) is 91.6 Å². The van der Waals surface area contributed by atoms with Gasteiger partial charge in [0, 0.05) is 162 Å². The van der Waals surface area contributed by atoms with Crippen LogP contribution in [-0.2, 0) is 72.9 Å². The Morgan fingerprint density at radius 3 is 1.05 bits per heavy atom. The molecule has 3 amide bonds. The fourth-order valence-corrected chi connectivity index (χ4v) is 12.5. The molecule has 3 saturated carbocycles. The zero-order valence-corrected chi connectivity index (χ0v) is 49.9. The van der Waals surface area contributed by atoms with Crippen LogP contribution in [0.2, 0.25) is 15.1 Å². The molecule has 448 valence electrons. The Kier molecular flexibility index (Phi) is 17.7. The van der Waals surface area contributed by atoms with Crippen LogP contribution in [0.4, 0.5) is 40.0 Å². The highest BCUT2D eigenvalue weighted by atomic mass is 35.5. The Morgan fingerprint density at radius 2 is 0.753 bits per heavy atom. The molecule has 0 radical (unpaired) electrons. The maximum atomic E-state index is 13.0. The van der Waals surface area contributed by atoms with Gasteiger partial charge >= 0.3 is 0 Å². The SMILES string of the molecule is F.O=C(C1CC1)N1CCc2nc(N3CCN(c4nc5c(c(NCc6cccc(Cl)c6)n4)CN(C(=O)C4CC4)CC5)CC3)nc(NCc3cccc(Cl)c3)c2C1.O=C(C1CC1)N1CCc2nc(N3CCNCC3)nc(NCc3cccc(Cl)c3)c2C1.[HH]. The van der Waals surface area contributed by atoms with Crippen LogP contribution in [-0.4, -0.2) is 134 Å². The van der Waals surface area contributed by atoms with Crippen molar-refractivity contribution in [1.82, 2.24) is 49.9 Å². The first-order valence-corrected chi connectivity index (χ1v) is 31.1. The number of benzene rings is 3. The predicted molar refractivity (Wildman–Crippen MR) is 332 cm³/mol. The lowest BCUT2D eigenvalue weighted by Crippen LogP contribution is -2.48. The minimum absolute atomic E-state index is 0. The number of amides is 3. The maximum absolute atomic E-state index is 13.0. The normalized spacial score (nSPS) is 18.2. The molecule has 8 aliphatic rings. The van der Waals surface area contributed by atoms with Crippen molar-refractivity contribution in [3.63, 3.8) is 0 Å². The van der Waals surface area contributed by atoms with Gasteiger partial charge in [-0.15, -0.1) is 0 Å². The van der Waals surface area contributed by atoms with Crippen LogP contribution in [0.3, 0.4) is 0 Å². The van der Waals surface area contributed by atoms with Crippen molar-refractivity contribution in [3.8, 4) is 0 Å². The monoisotopic (exact) mass is 1210 g/mol. The molecule has 4 N–H and O–H groups in total. The molecule has 19 nitrogen and oxygen atoms in total. The van der Waals surface area contributed by atoms with Crippen LogP contribution in [0.5, 0.6) is 0 Å². The van der Waals surface area contributed by atoms with Gasteiger partial charge in [-0.1, -0.05) is 71.2 Å². The number of piperazine rings is 2. The molecule has 2 saturated heterocycles. The molecule has 8 heterocycles. The van der Waals surface area contributed by atoms with E-state index >= 15 is 0 Å². The van der Waals surface area contributed by atoms with Gasteiger partial charge in [0.1, 0.15) is 17.5 Å². The van der Waals surface area contributed by atoms with E-state index in [1.54, 1.807) is 0 Å². The number of aromatic nitrogens is 6. The number of nitrogens with one attached hydrogen (secondary N) is 4. The number of rotatable bonds is 15. The molecule has 0 unspecified atom stereocenters. The predicted octanol–water partition coefficient (Wildman–Crippen LogP) is 8.56. The van der Waals surface area contributed by atoms with Crippen molar-refractivity contribution in [2.45, 2.75) is 97.1 Å². The third kappa shape index (κ3) is 13.9. The summed E-state index contributed by atoms with van der Waals surface area (Å²) in [4.78, 5) is 81.6. The molecule has 0 bridgehead atoms. The van der Waals surface area contributed by atoms with E-state index in [1.165, 1.54) is 0 Å². The van der Waals surface area contributed by atoms with Gasteiger partial charge < -0.3 is 50.7 Å². The first-order chi connectivity index (χ1) is 41.0. The van der Waals surface area contributed by atoms with Crippen LogP contribution in [0, 0.1) is 17.8 Å². The molecule has 3 aliphatic carbocycles.